The highest BCUT2D eigenvalue weighted by molar-refractivity contribution is 5.80. The van der Waals surface area contributed by atoms with E-state index in [1.54, 1.807) is 79.8 Å². The molecular weight excluding hydrogens is 868 g/mol. The number of hydrogen-bond acceptors (Lipinski definition) is 17. The van der Waals surface area contributed by atoms with Gasteiger partial charge in [-0.3, -0.25) is 9.59 Å². The SMILES string of the molecule is C[C@H]1C[C@H](O)[C@@H](C)/C=C/C=C/C=C/C=C/C=C/C=C/C=C/C(O[C@@H]2OC[C@@H](O)[C@H](N)[C@H]2O)C[C@@H]2OC(O)(CC(O)CC(O)C(O)CCC(O)CC(O)CC(=O)O1)C[C@H](O)C2C(=O)NCCF. The van der Waals surface area contributed by atoms with E-state index in [9.17, 15) is 65.0 Å². The molecule has 17 atom stereocenters. The van der Waals surface area contributed by atoms with Crippen molar-refractivity contribution < 1.29 is 84.0 Å². The van der Waals surface area contributed by atoms with Crippen LogP contribution in [0, 0.1) is 11.8 Å². The number of ether oxygens (including phenoxy) is 4. The molecule has 8 unspecified atom stereocenters. The number of fused-ring (bicyclic) bond motifs is 2. The topological polar surface area (TPSA) is 311 Å². The van der Waals surface area contributed by atoms with Crippen molar-refractivity contribution in [3.63, 3.8) is 0 Å². The number of alkyl halides is 1. The molecule has 2 bridgehead atoms. The van der Waals surface area contributed by atoms with Crippen LogP contribution in [-0.2, 0) is 28.5 Å². The Hall–Kier alpha value is -3.51. The molecule has 0 aromatic rings. The van der Waals surface area contributed by atoms with E-state index >= 15 is 0 Å². The second-order valence-electron chi connectivity index (χ2n) is 17.3. The van der Waals surface area contributed by atoms with Crippen LogP contribution in [0.1, 0.15) is 71.6 Å². The van der Waals surface area contributed by atoms with Crippen LogP contribution in [0.15, 0.2) is 85.1 Å². The summed E-state index contributed by atoms with van der Waals surface area (Å²) in [7, 11) is 0. The lowest BCUT2D eigenvalue weighted by molar-refractivity contribution is -0.304. The molecule has 0 saturated carbocycles. The van der Waals surface area contributed by atoms with Gasteiger partial charge in [-0.05, 0) is 26.2 Å². The molecule has 2 fully saturated rings. The van der Waals surface area contributed by atoms with Crippen molar-refractivity contribution in [3.05, 3.63) is 85.1 Å². The van der Waals surface area contributed by atoms with Gasteiger partial charge >= 0.3 is 5.97 Å². The Kier molecular flexibility index (Phi) is 25.3. The second kappa shape index (κ2) is 29.4. The van der Waals surface area contributed by atoms with Gasteiger partial charge < -0.3 is 81.1 Å². The fourth-order valence-electron chi connectivity index (χ4n) is 7.80. The smallest absolute Gasteiger partial charge is 0.308 e. The molecule has 3 rings (SSSR count). The van der Waals surface area contributed by atoms with Gasteiger partial charge in [0.1, 0.15) is 18.9 Å². The minimum absolute atomic E-state index is 0.108. The van der Waals surface area contributed by atoms with Gasteiger partial charge in [0, 0.05) is 44.6 Å². The lowest BCUT2D eigenvalue weighted by Gasteiger charge is -2.45. The van der Waals surface area contributed by atoms with Crippen molar-refractivity contribution >= 4 is 11.9 Å². The summed E-state index contributed by atoms with van der Waals surface area (Å²) < 4.78 is 36.2. The first kappa shape index (κ1) is 56.8. The van der Waals surface area contributed by atoms with Gasteiger partial charge in [0.15, 0.2) is 12.1 Å². The van der Waals surface area contributed by atoms with E-state index in [1.165, 1.54) is 6.08 Å². The fraction of sp³-hybridized carbons (Fsp3) is 0.660. The average molecular weight is 941 g/mol. The van der Waals surface area contributed by atoms with E-state index in [4.69, 9.17) is 24.7 Å². The van der Waals surface area contributed by atoms with E-state index in [1.807, 2.05) is 13.0 Å². The van der Waals surface area contributed by atoms with Crippen LogP contribution < -0.4 is 11.1 Å². The molecule has 374 valence electrons. The van der Waals surface area contributed by atoms with E-state index in [0.29, 0.717) is 0 Å². The average Bonchev–Trinajstić information content (AvgIpc) is 3.23. The van der Waals surface area contributed by atoms with Crippen molar-refractivity contribution in [2.24, 2.45) is 17.6 Å². The number of aliphatic hydroxyl groups excluding tert-OH is 9. The van der Waals surface area contributed by atoms with Gasteiger partial charge in [-0.25, -0.2) is 4.39 Å². The third-order valence-electron chi connectivity index (χ3n) is 11.5. The summed E-state index contributed by atoms with van der Waals surface area (Å²) in [5.41, 5.74) is 5.96. The van der Waals surface area contributed by atoms with Gasteiger partial charge in [-0.1, -0.05) is 92.0 Å². The Balaban J connectivity index is 1.88. The zero-order chi connectivity index (χ0) is 48.8. The lowest BCUT2D eigenvalue weighted by atomic mass is 9.82. The molecule has 66 heavy (non-hydrogen) atoms. The summed E-state index contributed by atoms with van der Waals surface area (Å²) in [5.74, 6) is -5.50. The highest BCUT2D eigenvalue weighted by Gasteiger charge is 2.50. The Morgan fingerprint density at radius 2 is 1.35 bits per heavy atom. The maximum absolute atomic E-state index is 13.3. The Bertz CT molecular complexity index is 1660. The number of esters is 1. The summed E-state index contributed by atoms with van der Waals surface area (Å²) in [6, 6.07) is -1.13. The number of allylic oxidation sites excluding steroid dienone is 12. The summed E-state index contributed by atoms with van der Waals surface area (Å²) in [6.45, 7) is 1.88. The summed E-state index contributed by atoms with van der Waals surface area (Å²) >= 11 is 0. The molecule has 18 nitrogen and oxygen atoms in total. The van der Waals surface area contributed by atoms with Crippen molar-refractivity contribution in [1.29, 1.82) is 0 Å². The molecule has 3 heterocycles. The number of hydrogen-bond donors (Lipinski definition) is 12. The number of cyclic esters (lactones) is 1. The summed E-state index contributed by atoms with van der Waals surface area (Å²) in [5, 5.41) is 110. The van der Waals surface area contributed by atoms with Crippen molar-refractivity contribution in [3.8, 4) is 0 Å². The van der Waals surface area contributed by atoms with Crippen LogP contribution in [0.2, 0.25) is 0 Å². The van der Waals surface area contributed by atoms with Gasteiger partial charge in [0.25, 0.3) is 0 Å². The first-order valence-corrected chi connectivity index (χ1v) is 22.6. The van der Waals surface area contributed by atoms with E-state index < -0.39 is 142 Å². The number of aliphatic hydroxyl groups is 10. The standard InChI is InChI=1S/C47H73FN2O16/c1-29-15-13-11-9-7-5-3-4-6-8-10-12-14-16-34(65-46-44(60)43(49)39(58)28-63-46)25-40-42(45(61)50-20-19-48)38(57)27-47(62,66-40)26-33(53)23-37(56)35(54)18-17-31(51)22-32(52)24-41(59)64-30(2)21-36(29)55/h3-16,29-40,42-44,46,51-58,60,62H,17-28,49H2,1-2H3,(H,50,61)/b4-3+,7-5+,8-6+,11-9+,12-10+,15-13+,16-14+/t29-,30-,31?,32?,33?,34?,35?,36-,37?,38-,39+,40-,42?,43-,44+,46-,47?/m0/s1. The fourth-order valence-corrected chi connectivity index (χ4v) is 7.80. The number of carbonyl (C=O) groups excluding carboxylic acids is 2. The predicted octanol–water partition coefficient (Wildman–Crippen LogP) is 0.0783. The maximum Gasteiger partial charge on any atom is 0.308 e. The zero-order valence-corrected chi connectivity index (χ0v) is 37.7. The first-order chi connectivity index (χ1) is 31.3. The Labute approximate surface area is 385 Å². The molecule has 0 aromatic heterocycles. The van der Waals surface area contributed by atoms with Gasteiger partial charge in [-0.2, -0.15) is 0 Å². The molecule has 0 aliphatic carbocycles. The highest BCUT2D eigenvalue weighted by atomic mass is 19.1. The number of rotatable bonds is 5. The molecule has 0 aromatic carbocycles. The van der Waals surface area contributed by atoms with Crippen LogP contribution in [-0.4, -0.2) is 174 Å². The molecule has 0 spiro atoms. The molecule has 13 N–H and O–H groups in total. The number of amides is 1. The van der Waals surface area contributed by atoms with E-state index in [2.05, 4.69) is 5.32 Å². The molecule has 3 aliphatic heterocycles. The van der Waals surface area contributed by atoms with Crippen LogP contribution in [0.5, 0.6) is 0 Å². The van der Waals surface area contributed by atoms with Crippen molar-refractivity contribution in [2.45, 2.75) is 163 Å². The molecule has 0 radical (unpaired) electrons. The quantitative estimate of drug-likeness (QED) is 0.163. The van der Waals surface area contributed by atoms with Crippen LogP contribution in [0.4, 0.5) is 4.39 Å². The Morgan fingerprint density at radius 3 is 1.97 bits per heavy atom. The molecule has 3 aliphatic rings. The normalized spacial score (nSPS) is 42.7. The third-order valence-corrected chi connectivity index (χ3v) is 11.5. The number of halogens is 1. The number of nitrogens with one attached hydrogen (secondary N) is 1. The van der Waals surface area contributed by atoms with Crippen LogP contribution in [0.3, 0.4) is 0 Å². The summed E-state index contributed by atoms with van der Waals surface area (Å²) in [4.78, 5) is 25.8. The molecule has 1 amide bonds. The van der Waals surface area contributed by atoms with Gasteiger partial charge in [0.2, 0.25) is 5.91 Å². The van der Waals surface area contributed by atoms with Crippen molar-refractivity contribution in [2.75, 3.05) is 19.8 Å². The number of nitrogens with two attached hydrogens (primary N) is 1. The first-order valence-electron chi connectivity index (χ1n) is 22.6. The van der Waals surface area contributed by atoms with Gasteiger partial charge in [-0.15, -0.1) is 0 Å². The largest absolute Gasteiger partial charge is 0.462 e. The molecule has 19 heteroatoms. The lowest BCUT2D eigenvalue weighted by Crippen LogP contribution is -2.59. The third kappa shape index (κ3) is 20.4. The van der Waals surface area contributed by atoms with Crippen molar-refractivity contribution in [1.82, 2.24) is 5.32 Å². The monoisotopic (exact) mass is 940 g/mol. The molecule has 2 saturated heterocycles. The van der Waals surface area contributed by atoms with Crippen LogP contribution in [0.25, 0.3) is 0 Å². The number of carbonyl (C=O) groups is 2. The zero-order valence-electron chi connectivity index (χ0n) is 37.7. The predicted molar refractivity (Wildman–Crippen MR) is 239 cm³/mol. The Morgan fingerprint density at radius 1 is 0.742 bits per heavy atom. The van der Waals surface area contributed by atoms with Gasteiger partial charge in [0.05, 0.1) is 86.0 Å². The summed E-state index contributed by atoms with van der Waals surface area (Å²) in [6.07, 6.45) is 4.86. The van der Waals surface area contributed by atoms with Crippen LogP contribution >= 0.6 is 0 Å². The van der Waals surface area contributed by atoms with E-state index in [0.717, 1.165) is 0 Å². The second-order valence-corrected chi connectivity index (χ2v) is 17.3. The minimum atomic E-state index is -2.31. The maximum atomic E-state index is 13.3. The van der Waals surface area contributed by atoms with E-state index in [-0.39, 0.29) is 51.2 Å². The molecular formula is C47H73FN2O16. The minimum Gasteiger partial charge on any atom is -0.462 e. The highest BCUT2D eigenvalue weighted by Crippen LogP contribution is 2.38.